The molecule has 19 heavy (non-hydrogen) atoms. The zero-order valence-corrected chi connectivity index (χ0v) is 11.1. The van der Waals surface area contributed by atoms with Crippen molar-refractivity contribution in [2.45, 2.75) is 11.6 Å². The molecule has 0 amide bonds. The van der Waals surface area contributed by atoms with Gasteiger partial charge in [0.05, 0.1) is 17.0 Å². The number of rotatable bonds is 5. The molecule has 0 radical (unpaired) electrons. The summed E-state index contributed by atoms with van der Waals surface area (Å²) in [6, 6.07) is 0. The molecule has 1 aromatic heterocycles. The van der Waals surface area contributed by atoms with E-state index in [2.05, 4.69) is 4.98 Å². The average Bonchev–Trinajstić information content (AvgIpc) is 2.66. The Kier molecular flexibility index (Phi) is 5.28. The monoisotopic (exact) mass is 295 g/mol. The maximum atomic E-state index is 12.6. The summed E-state index contributed by atoms with van der Waals surface area (Å²) in [6.07, 6.45) is -0.486. The van der Waals surface area contributed by atoms with E-state index in [9.17, 15) is 22.6 Å². The van der Waals surface area contributed by atoms with Gasteiger partial charge in [0.1, 0.15) is 12.7 Å². The first-order valence-electron chi connectivity index (χ1n) is 5.17. The summed E-state index contributed by atoms with van der Waals surface area (Å²) >= 11 is 0. The van der Waals surface area contributed by atoms with Crippen molar-refractivity contribution in [3.8, 4) is 0 Å². The van der Waals surface area contributed by atoms with Crippen LogP contribution in [-0.4, -0.2) is 37.5 Å². The third-order valence-electron chi connectivity index (χ3n) is 2.21. The predicted octanol–water partition coefficient (Wildman–Crippen LogP) is 1.55. The summed E-state index contributed by atoms with van der Waals surface area (Å²) in [6.45, 7) is 0. The van der Waals surface area contributed by atoms with E-state index >= 15 is 0 Å². The zero-order chi connectivity index (χ0) is 14.6. The molecule has 1 atom stereocenters. The molecule has 1 heterocycles. The molecule has 0 fully saturated rings. The third-order valence-corrected chi connectivity index (χ3v) is 3.57. The van der Waals surface area contributed by atoms with Crippen molar-refractivity contribution < 1.29 is 22.1 Å². The fourth-order valence-corrected chi connectivity index (χ4v) is 2.42. The molecular weight excluding hydrogens is 283 g/mol. The maximum absolute atomic E-state index is 12.6. The van der Waals surface area contributed by atoms with Crippen molar-refractivity contribution in [1.29, 1.82) is 0 Å². The Hall–Kier alpha value is -1.64. The van der Waals surface area contributed by atoms with Gasteiger partial charge < -0.3 is 9.77 Å². The van der Waals surface area contributed by atoms with Gasteiger partial charge in [0, 0.05) is 19.2 Å². The Morgan fingerprint density at radius 3 is 2.74 bits per heavy atom. The number of hydrogen-bond acceptors (Lipinski definition) is 3. The molecule has 0 aliphatic heterocycles. The molecule has 0 saturated heterocycles. The number of aromatic nitrogens is 2. The van der Waals surface area contributed by atoms with Crippen LogP contribution in [0.4, 0.5) is 13.2 Å². The van der Waals surface area contributed by atoms with E-state index in [1.165, 1.54) is 31.1 Å². The van der Waals surface area contributed by atoms with Crippen LogP contribution in [0.15, 0.2) is 23.3 Å². The molecule has 0 bridgehead atoms. The number of imidazole rings is 1. The quantitative estimate of drug-likeness (QED) is 0.358. The maximum Gasteiger partial charge on any atom is 0.301 e. The highest BCUT2D eigenvalue weighted by Gasteiger charge is 2.15. The molecule has 1 unspecified atom stereocenters. The minimum atomic E-state index is -2.40. The van der Waals surface area contributed by atoms with Gasteiger partial charge in [0.25, 0.3) is 0 Å². The Bertz CT molecular complexity index is 546. The van der Waals surface area contributed by atoms with Gasteiger partial charge in [-0.15, -0.1) is 0 Å². The minimum Gasteiger partial charge on any atom is -0.624 e. The van der Waals surface area contributed by atoms with E-state index in [0.29, 0.717) is 10.4 Å². The highest BCUT2D eigenvalue weighted by Crippen LogP contribution is 2.15. The van der Waals surface area contributed by atoms with Crippen LogP contribution >= 0.6 is 0 Å². The Morgan fingerprint density at radius 1 is 1.58 bits per heavy atom. The van der Waals surface area contributed by atoms with Crippen molar-refractivity contribution >= 4 is 17.0 Å². The van der Waals surface area contributed by atoms with E-state index < -0.39 is 29.1 Å². The van der Waals surface area contributed by atoms with Gasteiger partial charge in [-0.25, -0.2) is 14.1 Å². The van der Waals surface area contributed by atoms with Crippen molar-refractivity contribution in [3.63, 3.8) is 0 Å². The molecule has 0 N–H and O–H groups in total. The molecule has 0 aromatic carbocycles. The topological polar surface area (TPSA) is 61.0 Å². The second-order valence-corrected chi connectivity index (χ2v) is 5.13. The minimum absolute atomic E-state index is 0.0974. The summed E-state index contributed by atoms with van der Waals surface area (Å²) in [5.41, 5.74) is 0.411. The molecule has 1 aromatic rings. The molecule has 1 rings (SSSR count). The lowest BCUT2D eigenvalue weighted by Gasteiger charge is -2.02. The molecular formula is C10H12F3N3O2S. The second-order valence-electron chi connectivity index (χ2n) is 3.66. The van der Waals surface area contributed by atoms with Gasteiger partial charge in [-0.3, -0.25) is 4.21 Å². The normalized spacial score (nSPS) is 13.4. The van der Waals surface area contributed by atoms with Crippen LogP contribution in [0.25, 0.3) is 0 Å². The fraction of sp³-hybridized carbons (Fsp3) is 0.400. The fourth-order valence-electron chi connectivity index (χ4n) is 1.29. The molecule has 0 aliphatic carbocycles. The van der Waals surface area contributed by atoms with Crippen LogP contribution in [0.5, 0.6) is 0 Å². The first-order chi connectivity index (χ1) is 8.82. The summed E-state index contributed by atoms with van der Waals surface area (Å²) in [5.74, 6) is -1.88. The summed E-state index contributed by atoms with van der Waals surface area (Å²) in [7, 11) is 1.07. The summed E-state index contributed by atoms with van der Waals surface area (Å²) < 4.78 is 50.0. The SMILES string of the molecule is Cn1c(/C=[N+](/C)[O-])cnc1S(=O)CCC(F)=C(F)F. The first-order valence-corrected chi connectivity index (χ1v) is 6.49. The molecule has 0 spiro atoms. The van der Waals surface area contributed by atoms with E-state index in [1.54, 1.807) is 0 Å². The number of hydrogen-bond donors (Lipinski definition) is 0. The molecule has 0 saturated carbocycles. The van der Waals surface area contributed by atoms with Crippen LogP contribution in [0.3, 0.4) is 0 Å². The standard InChI is InChI=1S/C10H12F3N3O2S/c1-15(17)6-7-5-14-10(16(7)2)19(18)4-3-8(11)9(12)13/h5-6H,3-4H2,1-2H3/b15-6-. The number of allylic oxidation sites excluding steroid dienone is 1. The van der Waals surface area contributed by atoms with Crippen molar-refractivity contribution in [2.75, 3.05) is 12.8 Å². The van der Waals surface area contributed by atoms with E-state index in [0.717, 1.165) is 0 Å². The molecule has 0 aliphatic rings. The lowest BCUT2D eigenvalue weighted by Crippen LogP contribution is -2.09. The Labute approximate surface area is 110 Å². The lowest BCUT2D eigenvalue weighted by atomic mass is 10.4. The Balaban J connectivity index is 2.82. The van der Waals surface area contributed by atoms with Crippen molar-refractivity contribution in [2.24, 2.45) is 7.05 Å². The van der Waals surface area contributed by atoms with Crippen LogP contribution in [-0.2, 0) is 17.8 Å². The van der Waals surface area contributed by atoms with Crippen molar-refractivity contribution in [3.05, 3.63) is 29.0 Å². The smallest absolute Gasteiger partial charge is 0.301 e. The zero-order valence-electron chi connectivity index (χ0n) is 10.3. The van der Waals surface area contributed by atoms with E-state index in [1.807, 2.05) is 0 Å². The van der Waals surface area contributed by atoms with Gasteiger partial charge in [0.2, 0.25) is 0 Å². The average molecular weight is 295 g/mol. The molecule has 106 valence electrons. The summed E-state index contributed by atoms with van der Waals surface area (Å²) in [5, 5.41) is 10.9. The first kappa shape index (κ1) is 15.4. The predicted molar refractivity (Wildman–Crippen MR) is 64.2 cm³/mol. The number of halogens is 3. The van der Waals surface area contributed by atoms with Crippen molar-refractivity contribution in [1.82, 2.24) is 9.55 Å². The van der Waals surface area contributed by atoms with Gasteiger partial charge in [-0.05, 0) is 0 Å². The largest absolute Gasteiger partial charge is 0.624 e. The van der Waals surface area contributed by atoms with Gasteiger partial charge in [0.15, 0.2) is 17.2 Å². The van der Waals surface area contributed by atoms with Crippen LogP contribution in [0.1, 0.15) is 12.1 Å². The summed E-state index contributed by atoms with van der Waals surface area (Å²) in [4.78, 5) is 3.83. The lowest BCUT2D eigenvalue weighted by molar-refractivity contribution is -0.417. The van der Waals surface area contributed by atoms with Gasteiger partial charge in [-0.1, -0.05) is 0 Å². The highest BCUT2D eigenvalue weighted by atomic mass is 32.2. The third kappa shape index (κ3) is 4.19. The Morgan fingerprint density at radius 2 is 2.21 bits per heavy atom. The van der Waals surface area contributed by atoms with E-state index in [-0.39, 0.29) is 10.9 Å². The highest BCUT2D eigenvalue weighted by molar-refractivity contribution is 7.84. The van der Waals surface area contributed by atoms with E-state index in [4.69, 9.17) is 0 Å². The number of hydroxylamine groups is 1. The second kappa shape index (κ2) is 6.50. The van der Waals surface area contributed by atoms with Gasteiger partial charge >= 0.3 is 6.08 Å². The van der Waals surface area contributed by atoms with Crippen LogP contribution < -0.4 is 0 Å². The van der Waals surface area contributed by atoms with Gasteiger partial charge in [-0.2, -0.15) is 8.78 Å². The van der Waals surface area contributed by atoms with Crippen LogP contribution in [0.2, 0.25) is 0 Å². The number of nitrogens with zero attached hydrogens (tertiary/aromatic N) is 3. The van der Waals surface area contributed by atoms with Crippen LogP contribution in [0, 0.1) is 5.21 Å². The molecule has 5 nitrogen and oxygen atoms in total. The molecule has 9 heteroatoms.